The van der Waals surface area contributed by atoms with Crippen LogP contribution in [-0.4, -0.2) is 22.6 Å². The van der Waals surface area contributed by atoms with Crippen LogP contribution in [0, 0.1) is 6.92 Å². The molecule has 0 unspecified atom stereocenters. The molecule has 130 valence electrons. The fraction of sp³-hybridized carbons (Fsp3) is 0.294. The summed E-state index contributed by atoms with van der Waals surface area (Å²) in [4.78, 5) is 16.5. The van der Waals surface area contributed by atoms with Crippen molar-refractivity contribution >= 4 is 17.6 Å². The summed E-state index contributed by atoms with van der Waals surface area (Å²) >= 11 is 0. The van der Waals surface area contributed by atoms with Gasteiger partial charge in [-0.15, -0.1) is 5.10 Å². The highest BCUT2D eigenvalue weighted by atomic mass is 16.4. The number of aromatic nitrogens is 1. The van der Waals surface area contributed by atoms with Crippen LogP contribution in [0.3, 0.4) is 0 Å². The van der Waals surface area contributed by atoms with E-state index >= 15 is 0 Å². The van der Waals surface area contributed by atoms with Crippen LogP contribution in [0.4, 0.5) is 0 Å². The lowest BCUT2D eigenvalue weighted by atomic mass is 9.93. The van der Waals surface area contributed by atoms with Crippen molar-refractivity contribution in [3.63, 3.8) is 0 Å². The van der Waals surface area contributed by atoms with Crippen LogP contribution >= 0.6 is 0 Å². The molecule has 1 aliphatic carbocycles. The zero-order valence-corrected chi connectivity index (χ0v) is 14.0. The van der Waals surface area contributed by atoms with Crippen LogP contribution in [-0.2, 0) is 13.0 Å². The number of carbonyl (C=O) groups excluding carboxylic acids is 1. The Kier molecular flexibility index (Phi) is 4.78. The summed E-state index contributed by atoms with van der Waals surface area (Å²) in [7, 11) is 0. The Balaban J connectivity index is 1.83. The number of guanidine groups is 1. The number of rotatable bonds is 4. The second kappa shape index (κ2) is 7.16. The maximum Gasteiger partial charge on any atom is 0.287 e. The number of pyridine rings is 1. The fourth-order valence-corrected chi connectivity index (χ4v) is 2.87. The molecular weight excluding hydrogens is 320 g/mol. The van der Waals surface area contributed by atoms with Crippen LogP contribution in [0.2, 0.25) is 0 Å². The molecule has 25 heavy (non-hydrogen) atoms. The van der Waals surface area contributed by atoms with Crippen molar-refractivity contribution < 1.29 is 9.21 Å². The van der Waals surface area contributed by atoms with Gasteiger partial charge in [-0.3, -0.25) is 9.78 Å². The van der Waals surface area contributed by atoms with Gasteiger partial charge in [0.1, 0.15) is 5.76 Å². The Hall–Kier alpha value is -3.16. The molecule has 0 saturated heterocycles. The molecule has 0 aromatic carbocycles. The van der Waals surface area contributed by atoms with Crippen LogP contribution in [0.25, 0.3) is 0 Å². The van der Waals surface area contributed by atoms with Gasteiger partial charge in [0.05, 0.1) is 5.71 Å². The summed E-state index contributed by atoms with van der Waals surface area (Å²) in [5, 5.41) is 10.7. The largest absolute Gasteiger partial charge is 0.455 e. The summed E-state index contributed by atoms with van der Waals surface area (Å²) in [6.07, 6.45) is 5.76. The molecular formula is C17H20N6O2. The average molecular weight is 340 g/mol. The summed E-state index contributed by atoms with van der Waals surface area (Å²) in [6.45, 7) is 2.23. The molecule has 0 spiro atoms. The van der Waals surface area contributed by atoms with Crippen LogP contribution in [0.1, 0.15) is 45.8 Å². The van der Waals surface area contributed by atoms with Crippen molar-refractivity contribution in [1.82, 2.24) is 10.3 Å². The highest BCUT2D eigenvalue weighted by Gasteiger charge is 2.27. The third-order valence-electron chi connectivity index (χ3n) is 3.99. The minimum Gasteiger partial charge on any atom is -0.455 e. The van der Waals surface area contributed by atoms with Gasteiger partial charge in [0.25, 0.3) is 5.91 Å². The smallest absolute Gasteiger partial charge is 0.287 e. The van der Waals surface area contributed by atoms with Gasteiger partial charge in [-0.05, 0) is 31.4 Å². The number of nitrogens with two attached hydrogens (primary N) is 2. The van der Waals surface area contributed by atoms with E-state index < -0.39 is 0 Å². The van der Waals surface area contributed by atoms with E-state index in [1.807, 2.05) is 19.1 Å². The molecule has 2 aromatic rings. The quantitative estimate of drug-likeness (QED) is 0.437. The third kappa shape index (κ3) is 3.68. The van der Waals surface area contributed by atoms with Gasteiger partial charge in [-0.1, -0.05) is 6.07 Å². The van der Waals surface area contributed by atoms with E-state index in [1.54, 1.807) is 12.4 Å². The van der Waals surface area contributed by atoms with Gasteiger partial charge in [0.15, 0.2) is 5.76 Å². The van der Waals surface area contributed by atoms with Crippen molar-refractivity contribution in [2.45, 2.75) is 32.7 Å². The number of nitrogens with zero attached hydrogens (tertiary/aromatic N) is 3. The Morgan fingerprint density at radius 2 is 2.24 bits per heavy atom. The second-order valence-corrected chi connectivity index (χ2v) is 5.82. The molecule has 0 saturated carbocycles. The maximum atomic E-state index is 12.5. The molecule has 3 rings (SSSR count). The van der Waals surface area contributed by atoms with E-state index in [1.165, 1.54) is 0 Å². The number of aryl methyl sites for hydroxylation is 1. The Labute approximate surface area is 145 Å². The van der Waals surface area contributed by atoms with E-state index in [0.29, 0.717) is 12.3 Å². The van der Waals surface area contributed by atoms with Crippen molar-refractivity contribution in [2.75, 3.05) is 0 Å². The zero-order chi connectivity index (χ0) is 17.8. The first kappa shape index (κ1) is 16.7. The molecule has 0 bridgehead atoms. The van der Waals surface area contributed by atoms with Gasteiger partial charge >= 0.3 is 0 Å². The number of hydrogen-bond donors (Lipinski definition) is 3. The number of carbonyl (C=O) groups is 1. The maximum absolute atomic E-state index is 12.5. The lowest BCUT2D eigenvalue weighted by Crippen LogP contribution is -2.23. The molecule has 1 aliphatic rings. The molecule has 5 N–H and O–H groups in total. The molecule has 8 nitrogen and oxygen atoms in total. The number of hydrogen-bond acceptors (Lipinski definition) is 5. The first-order valence-electron chi connectivity index (χ1n) is 8.01. The molecule has 1 amide bonds. The average Bonchev–Trinajstić information content (AvgIpc) is 2.96. The van der Waals surface area contributed by atoms with E-state index in [0.717, 1.165) is 47.4 Å². The van der Waals surface area contributed by atoms with Gasteiger partial charge < -0.3 is 21.2 Å². The predicted molar refractivity (Wildman–Crippen MR) is 94.1 cm³/mol. The second-order valence-electron chi connectivity index (χ2n) is 5.82. The summed E-state index contributed by atoms with van der Waals surface area (Å²) in [5.74, 6) is 0.681. The van der Waals surface area contributed by atoms with Crippen LogP contribution in [0.15, 0.2) is 39.1 Å². The predicted octanol–water partition coefficient (Wildman–Crippen LogP) is 1.23. The van der Waals surface area contributed by atoms with Crippen molar-refractivity contribution in [2.24, 2.45) is 21.7 Å². The highest BCUT2D eigenvalue weighted by Crippen LogP contribution is 2.30. The SMILES string of the molecule is Cc1c(C(=O)NCc2cccnc2)oc2c1/C(=N/N=C(N)N)CCC2. The van der Waals surface area contributed by atoms with Gasteiger partial charge in [-0.2, -0.15) is 5.10 Å². The minimum atomic E-state index is -0.267. The third-order valence-corrected chi connectivity index (χ3v) is 3.99. The van der Waals surface area contributed by atoms with E-state index in [4.69, 9.17) is 15.9 Å². The molecule has 0 radical (unpaired) electrons. The van der Waals surface area contributed by atoms with E-state index in [2.05, 4.69) is 20.5 Å². The molecule has 8 heteroatoms. The number of furan rings is 1. The van der Waals surface area contributed by atoms with Crippen molar-refractivity contribution in [3.8, 4) is 0 Å². The van der Waals surface area contributed by atoms with Crippen molar-refractivity contribution in [1.29, 1.82) is 0 Å². The van der Waals surface area contributed by atoms with Gasteiger partial charge in [-0.25, -0.2) is 0 Å². The zero-order valence-electron chi connectivity index (χ0n) is 14.0. The lowest BCUT2D eigenvalue weighted by molar-refractivity contribution is 0.0920. The topological polar surface area (TPSA) is 132 Å². The highest BCUT2D eigenvalue weighted by molar-refractivity contribution is 6.06. The molecule has 0 fully saturated rings. The van der Waals surface area contributed by atoms with E-state index in [-0.39, 0.29) is 11.9 Å². The lowest BCUT2D eigenvalue weighted by Gasteiger charge is -2.11. The Morgan fingerprint density at radius 1 is 1.40 bits per heavy atom. The molecule has 2 aromatic heterocycles. The number of fused-ring (bicyclic) bond motifs is 1. The summed E-state index contributed by atoms with van der Waals surface area (Å²) < 4.78 is 5.80. The fourth-order valence-electron chi connectivity index (χ4n) is 2.87. The van der Waals surface area contributed by atoms with Crippen LogP contribution in [0.5, 0.6) is 0 Å². The van der Waals surface area contributed by atoms with E-state index in [9.17, 15) is 4.79 Å². The minimum absolute atomic E-state index is 0.102. The summed E-state index contributed by atoms with van der Waals surface area (Å²) in [6, 6.07) is 3.72. The van der Waals surface area contributed by atoms with Crippen LogP contribution < -0.4 is 16.8 Å². The molecule has 0 aliphatic heterocycles. The Morgan fingerprint density at radius 3 is 2.96 bits per heavy atom. The molecule has 2 heterocycles. The first-order chi connectivity index (χ1) is 12.1. The normalized spacial score (nSPS) is 14.8. The summed E-state index contributed by atoms with van der Waals surface area (Å²) in [5.41, 5.74) is 13.9. The first-order valence-corrected chi connectivity index (χ1v) is 8.01. The van der Waals surface area contributed by atoms with Gasteiger partial charge in [0, 0.05) is 36.5 Å². The number of nitrogens with one attached hydrogen (secondary N) is 1. The Bertz CT molecular complexity index is 834. The standard InChI is InChI=1S/C17H20N6O2/c1-10-14-12(22-23-17(18)19)5-2-6-13(14)25-15(10)16(24)21-9-11-4-3-7-20-8-11/h3-4,7-8H,2,5-6,9H2,1H3,(H,21,24)(H4,18,19,23)/b22-12+. The van der Waals surface area contributed by atoms with Gasteiger partial charge in [0.2, 0.25) is 5.96 Å². The molecule has 0 atom stereocenters. The van der Waals surface area contributed by atoms with Crippen molar-refractivity contribution in [3.05, 3.63) is 52.7 Å². The number of amides is 1. The monoisotopic (exact) mass is 340 g/mol.